The minimum atomic E-state index is -0.183. The van der Waals surface area contributed by atoms with Gasteiger partial charge in [-0.05, 0) is 31.5 Å². The summed E-state index contributed by atoms with van der Waals surface area (Å²) in [4.78, 5) is 2.07. The Kier molecular flexibility index (Phi) is 4.34. The van der Waals surface area contributed by atoms with E-state index < -0.39 is 0 Å². The summed E-state index contributed by atoms with van der Waals surface area (Å²) >= 11 is 0. The highest BCUT2D eigenvalue weighted by Gasteiger charge is 2.22. The van der Waals surface area contributed by atoms with Gasteiger partial charge in [0.05, 0.1) is 5.69 Å². The fourth-order valence-corrected chi connectivity index (χ4v) is 2.34. The summed E-state index contributed by atoms with van der Waals surface area (Å²) in [5.41, 5.74) is 0.648. The van der Waals surface area contributed by atoms with Crippen LogP contribution in [0, 0.1) is 5.82 Å². The molecule has 1 aliphatic heterocycles. The maximum absolute atomic E-state index is 13.8. The van der Waals surface area contributed by atoms with Crippen molar-refractivity contribution in [3.8, 4) is 0 Å². The molecule has 0 radical (unpaired) electrons. The molecular formula is C13H19FN2O. The van der Waals surface area contributed by atoms with Gasteiger partial charge in [-0.25, -0.2) is 4.39 Å². The molecule has 2 rings (SSSR count). The maximum atomic E-state index is 13.8. The number of anilines is 1. The summed E-state index contributed by atoms with van der Waals surface area (Å²) in [6.07, 6.45) is 1.66. The van der Waals surface area contributed by atoms with Crippen molar-refractivity contribution in [1.29, 1.82) is 0 Å². The molecule has 1 aromatic rings. The molecule has 1 atom stereocenters. The van der Waals surface area contributed by atoms with Crippen LogP contribution in [0.5, 0.6) is 0 Å². The number of aliphatic hydroxyl groups is 1. The van der Waals surface area contributed by atoms with Gasteiger partial charge < -0.3 is 15.3 Å². The van der Waals surface area contributed by atoms with Crippen molar-refractivity contribution in [3.05, 3.63) is 30.1 Å². The molecule has 1 aliphatic rings. The average Bonchev–Trinajstić information content (AvgIpc) is 2.56. The molecule has 4 heteroatoms. The van der Waals surface area contributed by atoms with Crippen molar-refractivity contribution in [2.75, 3.05) is 31.1 Å². The fourth-order valence-electron chi connectivity index (χ4n) is 2.34. The number of benzene rings is 1. The smallest absolute Gasteiger partial charge is 0.146 e. The fraction of sp³-hybridized carbons (Fsp3) is 0.538. The summed E-state index contributed by atoms with van der Waals surface area (Å²) < 4.78 is 13.8. The molecule has 0 aliphatic carbocycles. The first-order valence-corrected chi connectivity index (χ1v) is 6.15. The van der Waals surface area contributed by atoms with Gasteiger partial charge in [0.2, 0.25) is 0 Å². The van der Waals surface area contributed by atoms with Crippen molar-refractivity contribution < 1.29 is 9.50 Å². The summed E-state index contributed by atoms with van der Waals surface area (Å²) in [5.74, 6) is -0.183. The first-order valence-electron chi connectivity index (χ1n) is 6.15. The second kappa shape index (κ2) is 5.98. The maximum Gasteiger partial charge on any atom is 0.146 e. The van der Waals surface area contributed by atoms with Crippen LogP contribution in [0.25, 0.3) is 0 Å². The van der Waals surface area contributed by atoms with Crippen LogP contribution in [-0.2, 0) is 0 Å². The Bertz CT molecular complexity index is 359. The zero-order valence-electron chi connectivity index (χ0n) is 9.90. The number of para-hydroxylation sites is 1. The Balaban J connectivity index is 2.22. The summed E-state index contributed by atoms with van der Waals surface area (Å²) in [6.45, 7) is 2.72. The molecule has 1 fully saturated rings. The van der Waals surface area contributed by atoms with E-state index >= 15 is 0 Å². The molecule has 2 N–H and O–H groups in total. The lowest BCUT2D eigenvalue weighted by Crippen LogP contribution is -2.40. The van der Waals surface area contributed by atoms with E-state index in [2.05, 4.69) is 10.2 Å². The third-order valence-corrected chi connectivity index (χ3v) is 3.20. The van der Waals surface area contributed by atoms with Crippen LogP contribution in [0.1, 0.15) is 12.8 Å². The van der Waals surface area contributed by atoms with Gasteiger partial charge in [-0.2, -0.15) is 0 Å². The third-order valence-electron chi connectivity index (χ3n) is 3.20. The first kappa shape index (κ1) is 12.3. The molecule has 0 saturated carbocycles. The van der Waals surface area contributed by atoms with Gasteiger partial charge in [0.15, 0.2) is 0 Å². The number of aliphatic hydroxyl groups excluding tert-OH is 1. The SMILES string of the molecule is OCCC1CNCCCN1c1ccccc1F. The summed E-state index contributed by atoms with van der Waals surface area (Å²) in [5, 5.41) is 12.4. The van der Waals surface area contributed by atoms with Crippen LogP contribution in [0.3, 0.4) is 0 Å². The van der Waals surface area contributed by atoms with Gasteiger partial charge in [-0.15, -0.1) is 0 Å². The Hall–Kier alpha value is -1.13. The quantitative estimate of drug-likeness (QED) is 0.835. The van der Waals surface area contributed by atoms with Gasteiger partial charge in [0.25, 0.3) is 0 Å². The topological polar surface area (TPSA) is 35.5 Å². The standard InChI is InChI=1S/C13H19FN2O/c14-12-4-1-2-5-13(12)16-8-3-7-15-10-11(16)6-9-17/h1-2,4-5,11,15,17H,3,6-10H2. The zero-order valence-corrected chi connectivity index (χ0v) is 9.90. The monoisotopic (exact) mass is 238 g/mol. The molecule has 3 nitrogen and oxygen atoms in total. The molecule has 1 saturated heterocycles. The highest BCUT2D eigenvalue weighted by atomic mass is 19.1. The molecule has 0 aromatic heterocycles. The third kappa shape index (κ3) is 2.96. The molecular weight excluding hydrogens is 219 g/mol. The number of halogens is 1. The molecule has 1 heterocycles. The predicted octanol–water partition coefficient (Wildman–Crippen LogP) is 1.38. The molecule has 1 aromatic carbocycles. The van der Waals surface area contributed by atoms with Gasteiger partial charge in [0.1, 0.15) is 5.82 Å². The molecule has 0 spiro atoms. The minimum absolute atomic E-state index is 0.136. The lowest BCUT2D eigenvalue weighted by molar-refractivity contribution is 0.272. The van der Waals surface area contributed by atoms with E-state index in [-0.39, 0.29) is 18.5 Å². The Labute approximate surface area is 101 Å². The Morgan fingerprint density at radius 1 is 1.41 bits per heavy atom. The molecule has 0 amide bonds. The molecule has 1 unspecified atom stereocenters. The summed E-state index contributed by atoms with van der Waals surface area (Å²) in [6, 6.07) is 7.02. The van der Waals surface area contributed by atoms with Crippen LogP contribution in [0.15, 0.2) is 24.3 Å². The zero-order chi connectivity index (χ0) is 12.1. The second-order valence-electron chi connectivity index (χ2n) is 4.37. The van der Waals surface area contributed by atoms with Gasteiger partial charge in [-0.1, -0.05) is 12.1 Å². The Morgan fingerprint density at radius 3 is 3.00 bits per heavy atom. The van der Waals surface area contributed by atoms with E-state index in [0.717, 1.165) is 26.1 Å². The normalized spacial score (nSPS) is 21.3. The van der Waals surface area contributed by atoms with Crippen molar-refractivity contribution >= 4 is 5.69 Å². The van der Waals surface area contributed by atoms with E-state index in [4.69, 9.17) is 5.11 Å². The van der Waals surface area contributed by atoms with Crippen molar-refractivity contribution in [2.24, 2.45) is 0 Å². The van der Waals surface area contributed by atoms with Crippen molar-refractivity contribution in [2.45, 2.75) is 18.9 Å². The van der Waals surface area contributed by atoms with Gasteiger partial charge in [0, 0.05) is 25.7 Å². The number of nitrogens with zero attached hydrogens (tertiary/aromatic N) is 1. The largest absolute Gasteiger partial charge is 0.396 e. The van der Waals surface area contributed by atoms with E-state index in [9.17, 15) is 4.39 Å². The van der Waals surface area contributed by atoms with Crippen LogP contribution < -0.4 is 10.2 Å². The minimum Gasteiger partial charge on any atom is -0.396 e. The van der Waals surface area contributed by atoms with Gasteiger partial charge in [-0.3, -0.25) is 0 Å². The number of nitrogens with one attached hydrogen (secondary N) is 1. The molecule has 0 bridgehead atoms. The van der Waals surface area contributed by atoms with Crippen LogP contribution in [0.2, 0.25) is 0 Å². The molecule has 94 valence electrons. The van der Waals surface area contributed by atoms with E-state index in [1.165, 1.54) is 6.07 Å². The number of hydrogen-bond acceptors (Lipinski definition) is 3. The predicted molar refractivity (Wildman–Crippen MR) is 66.7 cm³/mol. The highest BCUT2D eigenvalue weighted by molar-refractivity contribution is 5.48. The lowest BCUT2D eigenvalue weighted by Gasteiger charge is -2.31. The van der Waals surface area contributed by atoms with Crippen LogP contribution in [0.4, 0.5) is 10.1 Å². The summed E-state index contributed by atoms with van der Waals surface area (Å²) in [7, 11) is 0. The van der Waals surface area contributed by atoms with E-state index in [1.54, 1.807) is 6.07 Å². The Morgan fingerprint density at radius 2 is 2.24 bits per heavy atom. The van der Waals surface area contributed by atoms with E-state index in [1.807, 2.05) is 12.1 Å². The van der Waals surface area contributed by atoms with E-state index in [0.29, 0.717) is 12.1 Å². The van der Waals surface area contributed by atoms with Crippen molar-refractivity contribution in [3.63, 3.8) is 0 Å². The second-order valence-corrected chi connectivity index (χ2v) is 4.37. The lowest BCUT2D eigenvalue weighted by atomic mass is 10.1. The van der Waals surface area contributed by atoms with Crippen molar-refractivity contribution in [1.82, 2.24) is 5.32 Å². The van der Waals surface area contributed by atoms with Gasteiger partial charge >= 0.3 is 0 Å². The first-order chi connectivity index (χ1) is 8.33. The van der Waals surface area contributed by atoms with Crippen LogP contribution >= 0.6 is 0 Å². The number of hydrogen-bond donors (Lipinski definition) is 2. The average molecular weight is 238 g/mol. The highest BCUT2D eigenvalue weighted by Crippen LogP contribution is 2.23. The van der Waals surface area contributed by atoms with Crippen LogP contribution in [-0.4, -0.2) is 37.4 Å². The number of rotatable bonds is 3. The molecule has 17 heavy (non-hydrogen) atoms.